The van der Waals surface area contributed by atoms with Gasteiger partial charge in [0.05, 0.1) is 0 Å². The molecule has 0 N–H and O–H groups in total. The van der Waals surface area contributed by atoms with Crippen molar-refractivity contribution in [2.75, 3.05) is 7.05 Å². The second-order valence-corrected chi connectivity index (χ2v) is 3.81. The standard InChI is InChI=1S/C12H18N2/c1-9(2)12(13-4)14-11-8-6-5-7-10(11)3/h5-10H,1-4H3. The van der Waals surface area contributed by atoms with Crippen LogP contribution in [0.1, 0.15) is 20.8 Å². The van der Waals surface area contributed by atoms with Crippen LogP contribution in [0.3, 0.4) is 0 Å². The molecule has 0 aromatic carbocycles. The molecule has 0 radical (unpaired) electrons. The number of rotatable bonds is 1. The van der Waals surface area contributed by atoms with Crippen molar-refractivity contribution in [1.82, 2.24) is 0 Å². The molecule has 0 amide bonds. The molecule has 1 aliphatic rings. The molecule has 1 unspecified atom stereocenters. The van der Waals surface area contributed by atoms with E-state index in [4.69, 9.17) is 0 Å². The van der Waals surface area contributed by atoms with E-state index in [1.54, 1.807) is 7.05 Å². The van der Waals surface area contributed by atoms with Crippen LogP contribution in [0.5, 0.6) is 0 Å². The third kappa shape index (κ3) is 2.66. The van der Waals surface area contributed by atoms with Crippen LogP contribution < -0.4 is 0 Å². The van der Waals surface area contributed by atoms with Crippen LogP contribution in [0.2, 0.25) is 0 Å². The van der Waals surface area contributed by atoms with Crippen LogP contribution in [-0.4, -0.2) is 18.6 Å². The number of hydrogen-bond donors (Lipinski definition) is 0. The van der Waals surface area contributed by atoms with Crippen molar-refractivity contribution in [2.45, 2.75) is 20.8 Å². The second-order valence-electron chi connectivity index (χ2n) is 3.81. The van der Waals surface area contributed by atoms with Gasteiger partial charge in [0.2, 0.25) is 0 Å². The Bertz CT molecular complexity index is 306. The Hall–Kier alpha value is -1.18. The monoisotopic (exact) mass is 190 g/mol. The van der Waals surface area contributed by atoms with E-state index < -0.39 is 0 Å². The van der Waals surface area contributed by atoms with Gasteiger partial charge in [-0.15, -0.1) is 0 Å². The van der Waals surface area contributed by atoms with E-state index in [0.29, 0.717) is 11.8 Å². The maximum absolute atomic E-state index is 4.56. The molecule has 14 heavy (non-hydrogen) atoms. The average Bonchev–Trinajstić information content (AvgIpc) is 2.16. The molecule has 1 aliphatic carbocycles. The average molecular weight is 190 g/mol. The summed E-state index contributed by atoms with van der Waals surface area (Å²) in [6, 6.07) is 0. The first-order chi connectivity index (χ1) is 6.65. The van der Waals surface area contributed by atoms with Crippen molar-refractivity contribution in [2.24, 2.45) is 21.8 Å². The van der Waals surface area contributed by atoms with Gasteiger partial charge in [-0.3, -0.25) is 4.99 Å². The summed E-state index contributed by atoms with van der Waals surface area (Å²) in [5.41, 5.74) is 1.10. The van der Waals surface area contributed by atoms with Crippen LogP contribution in [0, 0.1) is 11.8 Å². The largest absolute Gasteiger partial charge is 0.274 e. The summed E-state index contributed by atoms with van der Waals surface area (Å²) in [4.78, 5) is 8.75. The summed E-state index contributed by atoms with van der Waals surface area (Å²) in [6.45, 7) is 6.37. The van der Waals surface area contributed by atoms with Crippen molar-refractivity contribution in [3.63, 3.8) is 0 Å². The maximum atomic E-state index is 4.56. The summed E-state index contributed by atoms with van der Waals surface area (Å²) in [6.07, 6.45) is 8.28. The highest BCUT2D eigenvalue weighted by atomic mass is 14.9. The molecular weight excluding hydrogens is 172 g/mol. The van der Waals surface area contributed by atoms with E-state index in [2.05, 4.69) is 49.0 Å². The summed E-state index contributed by atoms with van der Waals surface area (Å²) in [7, 11) is 1.80. The maximum Gasteiger partial charge on any atom is 0.125 e. The molecule has 0 aliphatic heterocycles. The molecule has 0 aromatic rings. The van der Waals surface area contributed by atoms with Gasteiger partial charge in [-0.25, -0.2) is 4.99 Å². The Kier molecular flexibility index (Phi) is 3.81. The molecule has 2 nitrogen and oxygen atoms in total. The Morgan fingerprint density at radius 2 is 2.07 bits per heavy atom. The minimum atomic E-state index is 0.388. The zero-order chi connectivity index (χ0) is 10.6. The predicted octanol–water partition coefficient (Wildman–Crippen LogP) is 2.87. The van der Waals surface area contributed by atoms with Crippen molar-refractivity contribution < 1.29 is 0 Å². The predicted molar refractivity (Wildman–Crippen MR) is 63.1 cm³/mol. The van der Waals surface area contributed by atoms with E-state index in [1.807, 2.05) is 6.08 Å². The van der Waals surface area contributed by atoms with Gasteiger partial charge >= 0.3 is 0 Å². The zero-order valence-electron chi connectivity index (χ0n) is 9.36. The lowest BCUT2D eigenvalue weighted by Crippen LogP contribution is -2.13. The van der Waals surface area contributed by atoms with Crippen molar-refractivity contribution in [1.29, 1.82) is 0 Å². The summed E-state index contributed by atoms with van der Waals surface area (Å²) >= 11 is 0. The van der Waals surface area contributed by atoms with Crippen LogP contribution in [-0.2, 0) is 0 Å². The molecule has 0 aromatic heterocycles. The highest BCUT2D eigenvalue weighted by molar-refractivity contribution is 6.06. The fraction of sp³-hybridized carbons (Fsp3) is 0.500. The first-order valence-electron chi connectivity index (χ1n) is 5.05. The van der Waals surface area contributed by atoms with E-state index in [0.717, 1.165) is 11.5 Å². The van der Waals surface area contributed by atoms with Crippen molar-refractivity contribution in [3.05, 3.63) is 24.3 Å². The molecule has 0 spiro atoms. The van der Waals surface area contributed by atoms with Gasteiger partial charge in [0.25, 0.3) is 0 Å². The minimum Gasteiger partial charge on any atom is -0.274 e. The Morgan fingerprint density at radius 3 is 2.57 bits per heavy atom. The smallest absolute Gasteiger partial charge is 0.125 e. The van der Waals surface area contributed by atoms with E-state index >= 15 is 0 Å². The third-order valence-electron chi connectivity index (χ3n) is 2.23. The quantitative estimate of drug-likeness (QED) is 0.448. The van der Waals surface area contributed by atoms with Gasteiger partial charge in [-0.1, -0.05) is 39.0 Å². The molecule has 0 saturated carbocycles. The lowest BCUT2D eigenvalue weighted by molar-refractivity contribution is 0.866. The molecule has 0 saturated heterocycles. The van der Waals surface area contributed by atoms with Gasteiger partial charge in [0, 0.05) is 24.6 Å². The Labute approximate surface area is 86.2 Å². The highest BCUT2D eigenvalue weighted by Gasteiger charge is 2.09. The summed E-state index contributed by atoms with van der Waals surface area (Å²) in [5, 5.41) is 0. The lowest BCUT2D eigenvalue weighted by Gasteiger charge is -2.12. The number of amidine groups is 1. The SMILES string of the molecule is CN=C(N=C1C=CC=CC1C)C(C)C. The van der Waals surface area contributed by atoms with Crippen molar-refractivity contribution in [3.8, 4) is 0 Å². The van der Waals surface area contributed by atoms with E-state index in [9.17, 15) is 0 Å². The van der Waals surface area contributed by atoms with Crippen molar-refractivity contribution >= 4 is 11.5 Å². The Morgan fingerprint density at radius 1 is 1.36 bits per heavy atom. The van der Waals surface area contributed by atoms with Gasteiger partial charge in [-0.05, 0) is 6.08 Å². The van der Waals surface area contributed by atoms with E-state index in [-0.39, 0.29) is 0 Å². The van der Waals surface area contributed by atoms with Gasteiger partial charge < -0.3 is 0 Å². The first kappa shape index (κ1) is 10.9. The number of hydrogen-bond acceptors (Lipinski definition) is 1. The Balaban J connectivity index is 2.87. The normalized spacial score (nSPS) is 25.1. The van der Waals surface area contributed by atoms with Gasteiger partial charge in [0.15, 0.2) is 0 Å². The van der Waals surface area contributed by atoms with Crippen LogP contribution in [0.15, 0.2) is 34.3 Å². The molecule has 2 heteroatoms. The molecular formula is C12H18N2. The fourth-order valence-electron chi connectivity index (χ4n) is 1.34. The van der Waals surface area contributed by atoms with E-state index in [1.165, 1.54) is 0 Å². The first-order valence-corrected chi connectivity index (χ1v) is 5.05. The molecule has 76 valence electrons. The topological polar surface area (TPSA) is 24.7 Å². The molecule has 0 fully saturated rings. The van der Waals surface area contributed by atoms with Gasteiger partial charge in [-0.2, -0.15) is 0 Å². The third-order valence-corrected chi connectivity index (χ3v) is 2.23. The summed E-state index contributed by atoms with van der Waals surface area (Å²) < 4.78 is 0. The van der Waals surface area contributed by atoms with Gasteiger partial charge in [0.1, 0.15) is 5.84 Å². The highest BCUT2D eigenvalue weighted by Crippen LogP contribution is 2.10. The molecule has 0 heterocycles. The summed E-state index contributed by atoms with van der Waals surface area (Å²) in [5.74, 6) is 1.71. The molecule has 1 atom stereocenters. The fourth-order valence-corrected chi connectivity index (χ4v) is 1.34. The van der Waals surface area contributed by atoms with Crippen LogP contribution in [0.25, 0.3) is 0 Å². The molecule has 0 bridgehead atoms. The number of aliphatic imine (C=N–C) groups is 2. The molecule has 1 rings (SSSR count). The lowest BCUT2D eigenvalue weighted by atomic mass is 10.0. The van der Waals surface area contributed by atoms with Crippen LogP contribution >= 0.6 is 0 Å². The zero-order valence-corrected chi connectivity index (χ0v) is 9.36. The minimum absolute atomic E-state index is 0.388. The number of allylic oxidation sites excluding steroid dienone is 4. The van der Waals surface area contributed by atoms with Crippen LogP contribution in [0.4, 0.5) is 0 Å². The number of nitrogens with zero attached hydrogens (tertiary/aromatic N) is 2. The second kappa shape index (κ2) is 4.89.